The minimum Gasteiger partial charge on any atom is -0.508 e. The van der Waals surface area contributed by atoms with Crippen LogP contribution in [0, 0.1) is 0 Å². The van der Waals surface area contributed by atoms with E-state index in [0.717, 1.165) is 18.2 Å². The van der Waals surface area contributed by atoms with Gasteiger partial charge in [0, 0.05) is 6.08 Å². The number of allylic oxidation sites excluding steroid dienone is 4. The maximum atomic E-state index is 9.25. The number of hydrogen-bond acceptors (Lipinski definition) is 2. The smallest absolute Gasteiger partial charge is 0.193 e. The molecule has 1 aliphatic carbocycles. The van der Waals surface area contributed by atoms with E-state index in [1.165, 1.54) is 6.08 Å². The minimum absolute atomic E-state index is 0.206. The van der Waals surface area contributed by atoms with Crippen molar-refractivity contribution in [3.8, 4) is 5.75 Å². The highest BCUT2D eigenvalue weighted by molar-refractivity contribution is 6.61. The van der Waals surface area contributed by atoms with Gasteiger partial charge in [-0.15, -0.1) is 5.73 Å². The van der Waals surface area contributed by atoms with Crippen LogP contribution in [0.4, 0.5) is 0 Å². The number of aromatic hydroxyl groups is 1. The van der Waals surface area contributed by atoms with Crippen LogP contribution in [-0.2, 0) is 0 Å². The highest BCUT2D eigenvalue weighted by Crippen LogP contribution is 2.06. The summed E-state index contributed by atoms with van der Waals surface area (Å²) in [4.78, 5) is 0. The van der Waals surface area contributed by atoms with Crippen molar-refractivity contribution in [3.63, 3.8) is 0 Å². The molecule has 2 nitrogen and oxygen atoms in total. The second-order valence-electron chi connectivity index (χ2n) is 3.63. The van der Waals surface area contributed by atoms with Gasteiger partial charge in [0.1, 0.15) is 11.5 Å². The van der Waals surface area contributed by atoms with E-state index >= 15 is 0 Å². The van der Waals surface area contributed by atoms with E-state index in [2.05, 4.69) is 5.73 Å². The van der Waals surface area contributed by atoms with Crippen molar-refractivity contribution in [2.75, 3.05) is 0 Å². The minimum atomic E-state index is 0.206. The summed E-state index contributed by atoms with van der Waals surface area (Å²) in [5, 5.41) is 18.4. The van der Waals surface area contributed by atoms with E-state index < -0.39 is 0 Å². The molecule has 0 aliphatic heterocycles. The molecular weight excluding hydrogens is 199 g/mol. The predicted molar refractivity (Wildman–Crippen MR) is 66.3 cm³/mol. The molecule has 0 fully saturated rings. The van der Waals surface area contributed by atoms with E-state index in [9.17, 15) is 5.11 Å². The maximum Gasteiger partial charge on any atom is 0.193 e. The third-order valence-electron chi connectivity index (χ3n) is 2.31. The molecule has 0 aromatic heterocycles. The van der Waals surface area contributed by atoms with E-state index in [1.807, 2.05) is 24.3 Å². The van der Waals surface area contributed by atoms with Gasteiger partial charge in [-0.2, -0.15) is 0 Å². The van der Waals surface area contributed by atoms with E-state index in [-0.39, 0.29) is 11.5 Å². The first-order valence-electron chi connectivity index (χ1n) is 5.04. The van der Waals surface area contributed by atoms with Crippen LogP contribution in [0.25, 0.3) is 0 Å². The Morgan fingerprint density at radius 2 is 1.69 bits per heavy atom. The summed E-state index contributed by atoms with van der Waals surface area (Å²) in [7, 11) is 0.755. The van der Waals surface area contributed by atoms with Gasteiger partial charge in [0.15, 0.2) is 7.28 Å². The molecule has 78 valence electrons. The molecule has 0 heterocycles. The van der Waals surface area contributed by atoms with Crippen LogP contribution < -0.4 is 5.46 Å². The fraction of sp³-hybridized carbons (Fsp3) is 0. The van der Waals surface area contributed by atoms with Crippen molar-refractivity contribution in [1.82, 2.24) is 0 Å². The van der Waals surface area contributed by atoms with Gasteiger partial charge >= 0.3 is 0 Å². The Morgan fingerprint density at radius 1 is 0.938 bits per heavy atom. The van der Waals surface area contributed by atoms with E-state index in [1.54, 1.807) is 18.2 Å². The molecular formula is C13H11BO2. The maximum absolute atomic E-state index is 9.25. The van der Waals surface area contributed by atoms with Crippen LogP contribution in [0.5, 0.6) is 5.75 Å². The molecule has 3 heteroatoms. The summed E-state index contributed by atoms with van der Waals surface area (Å²) in [5.74, 6) is 0.475. The first kappa shape index (κ1) is 10.4. The fourth-order valence-corrected chi connectivity index (χ4v) is 1.48. The van der Waals surface area contributed by atoms with E-state index in [4.69, 9.17) is 5.11 Å². The van der Waals surface area contributed by atoms with Crippen molar-refractivity contribution >= 4 is 12.7 Å². The van der Waals surface area contributed by atoms with Crippen LogP contribution in [-0.4, -0.2) is 17.5 Å². The Bertz CT molecular complexity index is 503. The van der Waals surface area contributed by atoms with Gasteiger partial charge in [0.2, 0.25) is 0 Å². The SMILES string of the molecule is OC1=CC=C(Bc2ccc(O)cc2)C=C=C1. The number of benzene rings is 1. The number of rotatable bonds is 2. The average Bonchev–Trinajstić information content (AvgIpc) is 2.47. The molecule has 0 unspecified atom stereocenters. The standard InChI is InChI=1S/C13H11BO2/c15-12-3-1-2-10(4-7-12)14-11-5-8-13(16)9-6-11/h2-9,14-16H. The zero-order chi connectivity index (χ0) is 11.4. The summed E-state index contributed by atoms with van der Waals surface area (Å²) >= 11 is 0. The Kier molecular flexibility index (Phi) is 2.99. The Hall–Kier alpha value is -2.12. The van der Waals surface area contributed by atoms with Crippen molar-refractivity contribution in [2.45, 2.75) is 0 Å². The first-order valence-corrected chi connectivity index (χ1v) is 5.04. The van der Waals surface area contributed by atoms with Crippen molar-refractivity contribution in [1.29, 1.82) is 0 Å². The van der Waals surface area contributed by atoms with Gasteiger partial charge in [0.05, 0.1) is 0 Å². The lowest BCUT2D eigenvalue weighted by atomic mass is 9.63. The topological polar surface area (TPSA) is 40.5 Å². The summed E-state index contributed by atoms with van der Waals surface area (Å²) < 4.78 is 0. The predicted octanol–water partition coefficient (Wildman–Crippen LogP) is 1.50. The highest BCUT2D eigenvalue weighted by atomic mass is 16.3. The molecule has 0 bridgehead atoms. The molecule has 16 heavy (non-hydrogen) atoms. The third kappa shape index (κ3) is 2.69. The van der Waals surface area contributed by atoms with Gasteiger partial charge in [-0.1, -0.05) is 29.1 Å². The Morgan fingerprint density at radius 3 is 2.44 bits per heavy atom. The van der Waals surface area contributed by atoms with Gasteiger partial charge in [-0.05, 0) is 24.3 Å². The molecule has 0 atom stereocenters. The molecule has 0 spiro atoms. The molecule has 1 aromatic rings. The molecule has 1 aliphatic rings. The third-order valence-corrected chi connectivity index (χ3v) is 2.31. The molecule has 2 N–H and O–H groups in total. The largest absolute Gasteiger partial charge is 0.508 e. The zero-order valence-corrected chi connectivity index (χ0v) is 8.72. The fourth-order valence-electron chi connectivity index (χ4n) is 1.48. The summed E-state index contributed by atoms with van der Waals surface area (Å²) in [5.41, 5.74) is 5.06. The number of phenolic OH excluding ortho intramolecular Hbond substituents is 1. The monoisotopic (exact) mass is 210 g/mol. The summed E-state index contributed by atoms with van der Waals surface area (Å²) in [6.45, 7) is 0. The number of aliphatic hydroxyl groups excluding tert-OH is 1. The molecule has 0 radical (unpaired) electrons. The summed E-state index contributed by atoms with van der Waals surface area (Å²) in [6.07, 6.45) is 6.87. The van der Waals surface area contributed by atoms with Gasteiger partial charge in [-0.3, -0.25) is 0 Å². The Balaban J connectivity index is 2.17. The van der Waals surface area contributed by atoms with Crippen molar-refractivity contribution in [3.05, 3.63) is 65.5 Å². The second kappa shape index (κ2) is 4.60. The van der Waals surface area contributed by atoms with Crippen molar-refractivity contribution in [2.24, 2.45) is 0 Å². The van der Waals surface area contributed by atoms with Crippen LogP contribution in [0.1, 0.15) is 0 Å². The lowest BCUT2D eigenvalue weighted by Gasteiger charge is -1.99. The lowest BCUT2D eigenvalue weighted by molar-refractivity contribution is 0.433. The van der Waals surface area contributed by atoms with Crippen LogP contribution in [0.3, 0.4) is 0 Å². The zero-order valence-electron chi connectivity index (χ0n) is 8.72. The van der Waals surface area contributed by atoms with E-state index in [0.29, 0.717) is 0 Å². The normalized spacial score (nSPS) is 14.0. The molecule has 1 aromatic carbocycles. The first-order chi connectivity index (χ1) is 7.74. The van der Waals surface area contributed by atoms with Crippen molar-refractivity contribution < 1.29 is 10.2 Å². The van der Waals surface area contributed by atoms with Gasteiger partial charge in [-0.25, -0.2) is 0 Å². The molecule has 0 amide bonds. The molecule has 2 rings (SSSR count). The highest BCUT2D eigenvalue weighted by Gasteiger charge is 2.00. The van der Waals surface area contributed by atoms with Gasteiger partial charge < -0.3 is 10.2 Å². The van der Waals surface area contributed by atoms with Crippen LogP contribution in [0.15, 0.2) is 65.5 Å². The summed E-state index contributed by atoms with van der Waals surface area (Å²) in [6, 6.07) is 7.09. The molecule has 0 saturated carbocycles. The second-order valence-corrected chi connectivity index (χ2v) is 3.63. The number of phenols is 1. The quantitative estimate of drug-likeness (QED) is 0.573. The molecule has 0 saturated heterocycles. The number of hydrogen-bond donors (Lipinski definition) is 2. The lowest BCUT2D eigenvalue weighted by Crippen LogP contribution is -2.14. The van der Waals surface area contributed by atoms with Crippen LogP contribution >= 0.6 is 0 Å². The Labute approximate surface area is 94.8 Å². The average molecular weight is 210 g/mol. The van der Waals surface area contributed by atoms with Crippen LogP contribution in [0.2, 0.25) is 0 Å². The number of aliphatic hydroxyl groups is 1. The van der Waals surface area contributed by atoms with Gasteiger partial charge in [0.25, 0.3) is 0 Å².